The number of nitrogens with zero attached hydrogens (tertiary/aromatic N) is 2. The molecule has 0 unspecified atom stereocenters. The first kappa shape index (κ1) is 10.6. The third kappa shape index (κ3) is 1.43. The van der Waals surface area contributed by atoms with Crippen LogP contribution in [-0.4, -0.2) is 35.4 Å². The van der Waals surface area contributed by atoms with E-state index in [1.807, 2.05) is 11.1 Å². The van der Waals surface area contributed by atoms with Crippen molar-refractivity contribution in [2.45, 2.75) is 25.7 Å². The first-order valence-corrected chi connectivity index (χ1v) is 6.13. The molecule has 4 nitrogen and oxygen atoms in total. The van der Waals surface area contributed by atoms with Crippen LogP contribution in [0.5, 0.6) is 0 Å². The van der Waals surface area contributed by atoms with Gasteiger partial charge in [-0.2, -0.15) is 0 Å². The molecule has 1 fully saturated rings. The highest BCUT2D eigenvalue weighted by atomic mass is 16.2. The SMILES string of the molecule is CCc1cnc2c(c1)C1(CN2)CN(C(C)=O)C1. The third-order valence-corrected chi connectivity index (χ3v) is 3.95. The molecule has 4 heteroatoms. The van der Waals surface area contributed by atoms with Crippen LogP contribution in [0.1, 0.15) is 25.0 Å². The first-order chi connectivity index (χ1) is 8.14. The fourth-order valence-electron chi connectivity index (χ4n) is 2.78. The monoisotopic (exact) mass is 231 g/mol. The first-order valence-electron chi connectivity index (χ1n) is 6.13. The third-order valence-electron chi connectivity index (χ3n) is 3.95. The summed E-state index contributed by atoms with van der Waals surface area (Å²) in [4.78, 5) is 17.7. The minimum Gasteiger partial charge on any atom is -0.369 e. The van der Waals surface area contributed by atoms with Gasteiger partial charge in [-0.05, 0) is 18.1 Å². The number of amides is 1. The second-order valence-corrected chi connectivity index (χ2v) is 5.10. The average molecular weight is 231 g/mol. The second-order valence-electron chi connectivity index (χ2n) is 5.10. The summed E-state index contributed by atoms with van der Waals surface area (Å²) in [6, 6.07) is 2.25. The molecule has 90 valence electrons. The summed E-state index contributed by atoms with van der Waals surface area (Å²) in [5.41, 5.74) is 2.70. The Labute approximate surface area is 101 Å². The summed E-state index contributed by atoms with van der Waals surface area (Å²) < 4.78 is 0. The van der Waals surface area contributed by atoms with E-state index < -0.39 is 0 Å². The van der Waals surface area contributed by atoms with Crippen molar-refractivity contribution < 1.29 is 4.79 Å². The number of aryl methyl sites for hydroxylation is 1. The van der Waals surface area contributed by atoms with E-state index in [1.54, 1.807) is 6.92 Å². The number of aromatic nitrogens is 1. The maximum absolute atomic E-state index is 11.3. The number of hydrogen-bond donors (Lipinski definition) is 1. The van der Waals surface area contributed by atoms with Crippen molar-refractivity contribution in [3.63, 3.8) is 0 Å². The Morgan fingerprint density at radius 2 is 2.35 bits per heavy atom. The molecule has 1 aromatic heterocycles. The van der Waals surface area contributed by atoms with Crippen molar-refractivity contribution in [2.24, 2.45) is 0 Å². The number of likely N-dealkylation sites (tertiary alicyclic amines) is 1. The summed E-state index contributed by atoms with van der Waals surface area (Å²) in [7, 11) is 0. The largest absolute Gasteiger partial charge is 0.369 e. The van der Waals surface area contributed by atoms with E-state index in [4.69, 9.17) is 0 Å². The lowest BCUT2D eigenvalue weighted by Crippen LogP contribution is -2.61. The van der Waals surface area contributed by atoms with Crippen LogP contribution >= 0.6 is 0 Å². The number of nitrogens with one attached hydrogen (secondary N) is 1. The summed E-state index contributed by atoms with van der Waals surface area (Å²) in [6.07, 6.45) is 2.94. The van der Waals surface area contributed by atoms with Crippen molar-refractivity contribution in [1.29, 1.82) is 0 Å². The molecule has 1 amide bonds. The minimum absolute atomic E-state index is 0.124. The predicted molar refractivity (Wildman–Crippen MR) is 66.0 cm³/mol. The zero-order chi connectivity index (χ0) is 12.0. The lowest BCUT2D eigenvalue weighted by Gasteiger charge is -2.47. The zero-order valence-electron chi connectivity index (χ0n) is 10.3. The predicted octanol–water partition coefficient (Wildman–Crippen LogP) is 1.17. The smallest absolute Gasteiger partial charge is 0.219 e. The van der Waals surface area contributed by atoms with Gasteiger partial charge in [-0.25, -0.2) is 4.98 Å². The molecule has 1 N–H and O–H groups in total. The molecule has 1 aromatic rings. The number of carbonyl (C=O) groups excluding carboxylic acids is 1. The normalized spacial score (nSPS) is 19.8. The van der Waals surface area contributed by atoms with E-state index >= 15 is 0 Å². The standard InChI is InChI=1S/C13H17N3O/c1-3-10-4-11-12(14-5-10)15-6-13(11)7-16(8-13)9(2)17/h4-5H,3,6-8H2,1-2H3,(H,14,15). The molecule has 0 aliphatic carbocycles. The number of anilines is 1. The summed E-state index contributed by atoms with van der Waals surface area (Å²) >= 11 is 0. The Bertz CT molecular complexity index is 478. The van der Waals surface area contributed by atoms with Crippen LogP contribution in [0.3, 0.4) is 0 Å². The van der Waals surface area contributed by atoms with Crippen LogP contribution in [0.25, 0.3) is 0 Å². The molecular formula is C13H17N3O. The van der Waals surface area contributed by atoms with Gasteiger partial charge in [-0.15, -0.1) is 0 Å². The summed E-state index contributed by atoms with van der Waals surface area (Å²) in [5, 5.41) is 3.35. The molecule has 17 heavy (non-hydrogen) atoms. The molecule has 3 heterocycles. The Morgan fingerprint density at radius 3 is 3.00 bits per heavy atom. The minimum atomic E-state index is 0.124. The topological polar surface area (TPSA) is 45.2 Å². The molecule has 0 saturated carbocycles. The molecule has 3 rings (SSSR count). The molecule has 1 spiro atoms. The number of pyridine rings is 1. The van der Waals surface area contributed by atoms with Crippen LogP contribution in [0.4, 0.5) is 5.82 Å². The molecule has 2 aliphatic heterocycles. The van der Waals surface area contributed by atoms with Gasteiger partial charge in [0.15, 0.2) is 0 Å². The van der Waals surface area contributed by atoms with Gasteiger partial charge in [0, 0.05) is 38.3 Å². The van der Waals surface area contributed by atoms with Crippen molar-refractivity contribution >= 4 is 11.7 Å². The van der Waals surface area contributed by atoms with Gasteiger partial charge in [0.05, 0.1) is 5.41 Å². The van der Waals surface area contributed by atoms with Gasteiger partial charge < -0.3 is 10.2 Å². The Kier molecular flexibility index (Phi) is 2.15. The lowest BCUT2D eigenvalue weighted by molar-refractivity contribution is -0.135. The highest BCUT2D eigenvalue weighted by molar-refractivity contribution is 5.76. The van der Waals surface area contributed by atoms with Crippen LogP contribution in [0.2, 0.25) is 0 Å². The highest BCUT2D eigenvalue weighted by Gasteiger charge is 2.50. The van der Waals surface area contributed by atoms with Gasteiger partial charge >= 0.3 is 0 Å². The lowest BCUT2D eigenvalue weighted by atomic mass is 9.75. The second kappa shape index (κ2) is 3.45. The van der Waals surface area contributed by atoms with E-state index in [0.29, 0.717) is 0 Å². The van der Waals surface area contributed by atoms with Gasteiger partial charge in [-0.1, -0.05) is 6.92 Å². The van der Waals surface area contributed by atoms with Crippen LogP contribution in [0, 0.1) is 0 Å². The molecule has 0 radical (unpaired) electrons. The van der Waals surface area contributed by atoms with E-state index in [-0.39, 0.29) is 11.3 Å². The molecule has 0 aromatic carbocycles. The fraction of sp³-hybridized carbons (Fsp3) is 0.538. The zero-order valence-corrected chi connectivity index (χ0v) is 10.3. The van der Waals surface area contributed by atoms with Crippen molar-refractivity contribution in [2.75, 3.05) is 25.0 Å². The van der Waals surface area contributed by atoms with E-state index in [2.05, 4.69) is 23.3 Å². The van der Waals surface area contributed by atoms with Gasteiger partial charge in [0.2, 0.25) is 5.91 Å². The average Bonchev–Trinajstić information content (AvgIpc) is 2.64. The number of fused-ring (bicyclic) bond motifs is 2. The van der Waals surface area contributed by atoms with Crippen molar-refractivity contribution in [3.8, 4) is 0 Å². The van der Waals surface area contributed by atoms with Crippen LogP contribution < -0.4 is 5.32 Å². The van der Waals surface area contributed by atoms with Crippen LogP contribution in [-0.2, 0) is 16.6 Å². The molecule has 1 saturated heterocycles. The fourth-order valence-corrected chi connectivity index (χ4v) is 2.78. The Morgan fingerprint density at radius 1 is 1.59 bits per heavy atom. The van der Waals surface area contributed by atoms with Gasteiger partial charge in [0.1, 0.15) is 5.82 Å². The summed E-state index contributed by atoms with van der Waals surface area (Å²) in [6.45, 7) is 6.35. The summed E-state index contributed by atoms with van der Waals surface area (Å²) in [5.74, 6) is 1.18. The molecule has 2 aliphatic rings. The van der Waals surface area contributed by atoms with Crippen molar-refractivity contribution in [1.82, 2.24) is 9.88 Å². The number of carbonyl (C=O) groups is 1. The quantitative estimate of drug-likeness (QED) is 0.789. The van der Waals surface area contributed by atoms with Gasteiger partial charge in [0.25, 0.3) is 0 Å². The maximum atomic E-state index is 11.3. The Hall–Kier alpha value is -1.58. The number of rotatable bonds is 1. The van der Waals surface area contributed by atoms with E-state index in [9.17, 15) is 4.79 Å². The van der Waals surface area contributed by atoms with E-state index in [1.165, 1.54) is 11.1 Å². The van der Waals surface area contributed by atoms with Crippen LogP contribution in [0.15, 0.2) is 12.3 Å². The Balaban J connectivity index is 1.91. The molecule has 0 atom stereocenters. The highest BCUT2D eigenvalue weighted by Crippen LogP contribution is 2.42. The van der Waals surface area contributed by atoms with E-state index in [0.717, 1.165) is 31.9 Å². The van der Waals surface area contributed by atoms with Crippen molar-refractivity contribution in [3.05, 3.63) is 23.4 Å². The maximum Gasteiger partial charge on any atom is 0.219 e. The molecular weight excluding hydrogens is 214 g/mol. The number of hydrogen-bond acceptors (Lipinski definition) is 3. The van der Waals surface area contributed by atoms with Gasteiger partial charge in [-0.3, -0.25) is 4.79 Å². The molecule has 0 bridgehead atoms.